The summed E-state index contributed by atoms with van der Waals surface area (Å²) < 4.78 is 6.09. The standard InChI is InChI=1S/C32H52O4.C12H23N3O.C3H6/c1-28(2,27(34)35)19-26(33)36-25-14-18-32(7)23(29(25,3)4)13-17-31(6)22-12-16-30(5)15-8-9-21(30)20(22)10-11-24(31)32;1-2-13-6-8-14(9-7-13)10-12-4-3-5-15(12)11-16;1-3-2/h20-25H,8-19H2,1-7H3,(H,34,35);11-12H,2-10H2,1H3;3H,1H2,2H3. The summed E-state index contributed by atoms with van der Waals surface area (Å²) in [5.74, 6) is 2.79. The maximum Gasteiger partial charge on any atom is 0.309 e. The van der Waals surface area contributed by atoms with Crippen molar-refractivity contribution < 1.29 is 24.2 Å². The summed E-state index contributed by atoms with van der Waals surface area (Å²) in [6, 6.07) is 0.477. The first kappa shape index (κ1) is 44.2. The molecule has 5 aliphatic carbocycles. The van der Waals surface area contributed by atoms with Crippen molar-refractivity contribution in [2.75, 3.05) is 45.8 Å². The highest BCUT2D eigenvalue weighted by atomic mass is 16.5. The minimum atomic E-state index is -1.09. The van der Waals surface area contributed by atoms with E-state index in [1.165, 1.54) is 83.7 Å². The molecule has 2 heterocycles. The number of rotatable bonds is 8. The van der Waals surface area contributed by atoms with Crippen molar-refractivity contribution in [3.8, 4) is 0 Å². The molecule has 8 heteroatoms. The van der Waals surface area contributed by atoms with Crippen molar-refractivity contribution in [3.63, 3.8) is 0 Å². The van der Waals surface area contributed by atoms with Crippen molar-refractivity contribution in [1.29, 1.82) is 0 Å². The lowest BCUT2D eigenvalue weighted by Crippen LogP contribution is -2.63. The van der Waals surface area contributed by atoms with Gasteiger partial charge in [0.25, 0.3) is 0 Å². The monoisotopic (exact) mass is 768 g/mol. The summed E-state index contributed by atoms with van der Waals surface area (Å²) in [6.45, 7) is 31.1. The van der Waals surface area contributed by atoms with Crippen molar-refractivity contribution in [2.45, 2.75) is 164 Å². The largest absolute Gasteiger partial charge is 0.481 e. The number of likely N-dealkylation sites (tertiary alicyclic amines) is 1. The lowest BCUT2D eigenvalue weighted by atomic mass is 9.36. The van der Waals surface area contributed by atoms with Crippen LogP contribution in [-0.4, -0.2) is 96.1 Å². The van der Waals surface area contributed by atoms with E-state index in [0.717, 1.165) is 75.6 Å². The third-order valence-electron chi connectivity index (χ3n) is 17.3. The first-order valence-electron chi connectivity index (χ1n) is 22.6. The maximum atomic E-state index is 12.8. The van der Waals surface area contributed by atoms with E-state index in [9.17, 15) is 19.5 Å². The lowest BCUT2D eigenvalue weighted by molar-refractivity contribution is -0.221. The summed E-state index contributed by atoms with van der Waals surface area (Å²) in [4.78, 5) is 42.2. The fourth-order valence-electron chi connectivity index (χ4n) is 14.2. The topological polar surface area (TPSA) is 90.4 Å². The molecule has 0 spiro atoms. The van der Waals surface area contributed by atoms with Crippen molar-refractivity contribution in [1.82, 2.24) is 14.7 Å². The second-order valence-corrected chi connectivity index (χ2v) is 21.2. The lowest BCUT2D eigenvalue weighted by Gasteiger charge is -2.69. The molecule has 0 aromatic heterocycles. The zero-order valence-corrected chi connectivity index (χ0v) is 36.7. The first-order chi connectivity index (χ1) is 25.9. The van der Waals surface area contributed by atoms with Gasteiger partial charge in [-0.05, 0) is 150 Å². The summed E-state index contributed by atoms with van der Waals surface area (Å²) in [7, 11) is 0. The minimum absolute atomic E-state index is 0.0688. The Morgan fingerprint density at radius 3 is 2.09 bits per heavy atom. The molecule has 314 valence electrons. The molecule has 2 saturated heterocycles. The van der Waals surface area contributed by atoms with E-state index in [2.05, 4.69) is 57.9 Å². The van der Waals surface area contributed by atoms with Crippen LogP contribution in [0, 0.1) is 56.7 Å². The Balaban J connectivity index is 0.000000254. The van der Waals surface area contributed by atoms with Crippen molar-refractivity contribution in [3.05, 3.63) is 12.7 Å². The van der Waals surface area contributed by atoms with E-state index in [1.54, 1.807) is 19.9 Å². The van der Waals surface area contributed by atoms with Crippen molar-refractivity contribution in [2.24, 2.45) is 56.7 Å². The van der Waals surface area contributed by atoms with Gasteiger partial charge in [-0.15, -0.1) is 6.58 Å². The zero-order chi connectivity index (χ0) is 40.4. The molecule has 10 unspecified atom stereocenters. The summed E-state index contributed by atoms with van der Waals surface area (Å²) in [5, 5.41) is 9.46. The SMILES string of the molecule is C=CC.CC(C)(CC(=O)OC1CCC2(C)C(CCC3(C)C4CCC5(C)CCCC5C4CCC32)C1(C)C)C(=O)O.CCN1CCN(CC2CCCN2C=O)CC1. The quantitative estimate of drug-likeness (QED) is 0.150. The smallest absolute Gasteiger partial charge is 0.309 e. The molecule has 8 nitrogen and oxygen atoms in total. The van der Waals surface area contributed by atoms with Crippen LogP contribution in [0.5, 0.6) is 0 Å². The first-order valence-corrected chi connectivity index (χ1v) is 22.6. The molecule has 0 aromatic carbocycles. The van der Waals surface area contributed by atoms with Gasteiger partial charge in [0.1, 0.15) is 6.10 Å². The van der Waals surface area contributed by atoms with E-state index in [4.69, 9.17) is 4.74 Å². The predicted molar refractivity (Wildman–Crippen MR) is 222 cm³/mol. The van der Waals surface area contributed by atoms with E-state index in [1.807, 2.05) is 11.8 Å². The number of carbonyl (C=O) groups is 3. The predicted octanol–water partition coefficient (Wildman–Crippen LogP) is 9.32. The van der Waals surface area contributed by atoms with Crippen LogP contribution in [0.1, 0.15) is 152 Å². The molecule has 7 fully saturated rings. The van der Waals surface area contributed by atoms with Gasteiger partial charge in [-0.3, -0.25) is 19.3 Å². The number of likely N-dealkylation sites (N-methyl/N-ethyl adjacent to an activating group) is 1. The normalized spacial score (nSPS) is 39.7. The fraction of sp³-hybridized carbons (Fsp3) is 0.894. The third-order valence-corrected chi connectivity index (χ3v) is 17.3. The molecule has 5 saturated carbocycles. The van der Waals surface area contributed by atoms with Gasteiger partial charge in [0, 0.05) is 50.7 Å². The molecule has 1 N–H and O–H groups in total. The van der Waals surface area contributed by atoms with Crippen LogP contribution in [0.4, 0.5) is 0 Å². The summed E-state index contributed by atoms with van der Waals surface area (Å²) in [6.07, 6.45) is 19.6. The number of fused-ring (bicyclic) bond motifs is 7. The minimum Gasteiger partial charge on any atom is -0.481 e. The number of carboxylic acid groups (broad SMARTS) is 1. The molecule has 55 heavy (non-hydrogen) atoms. The fourth-order valence-corrected chi connectivity index (χ4v) is 14.2. The van der Waals surface area contributed by atoms with Gasteiger partial charge in [-0.2, -0.15) is 0 Å². The Kier molecular flexibility index (Phi) is 14.1. The number of aliphatic carboxylic acids is 1. The van der Waals surface area contributed by atoms with Crippen LogP contribution in [-0.2, 0) is 19.1 Å². The average molecular weight is 768 g/mol. The van der Waals surface area contributed by atoms with Gasteiger partial charge in [-0.25, -0.2) is 0 Å². The molecule has 0 bridgehead atoms. The van der Waals surface area contributed by atoms with Crippen molar-refractivity contribution >= 4 is 18.3 Å². The van der Waals surface area contributed by atoms with Gasteiger partial charge in [0.15, 0.2) is 0 Å². The number of nitrogens with zero attached hydrogens (tertiary/aromatic N) is 3. The Morgan fingerprint density at radius 1 is 0.800 bits per heavy atom. The third kappa shape index (κ3) is 8.91. The number of hydrogen-bond acceptors (Lipinski definition) is 6. The van der Waals surface area contributed by atoms with E-state index in [-0.39, 0.29) is 23.9 Å². The van der Waals surface area contributed by atoms with Gasteiger partial charge in [0.2, 0.25) is 6.41 Å². The highest BCUT2D eigenvalue weighted by molar-refractivity contribution is 5.81. The molecule has 0 aromatic rings. The summed E-state index contributed by atoms with van der Waals surface area (Å²) in [5.41, 5.74) is 0.171. The van der Waals surface area contributed by atoms with Crippen LogP contribution < -0.4 is 0 Å². The number of esters is 1. The molecule has 1 amide bonds. The zero-order valence-electron chi connectivity index (χ0n) is 36.7. The Morgan fingerprint density at radius 2 is 1.45 bits per heavy atom. The van der Waals surface area contributed by atoms with E-state index < -0.39 is 11.4 Å². The molecule has 10 atom stereocenters. The Bertz CT molecular complexity index is 1340. The van der Waals surface area contributed by atoms with Gasteiger partial charge >= 0.3 is 11.9 Å². The number of ether oxygens (including phenoxy) is 1. The van der Waals surface area contributed by atoms with Crippen LogP contribution in [0.2, 0.25) is 0 Å². The molecule has 2 aliphatic heterocycles. The van der Waals surface area contributed by atoms with Gasteiger partial charge in [0.05, 0.1) is 11.8 Å². The second-order valence-electron chi connectivity index (χ2n) is 21.2. The maximum absolute atomic E-state index is 12.8. The molecular weight excluding hydrogens is 687 g/mol. The van der Waals surface area contributed by atoms with E-state index in [0.29, 0.717) is 28.2 Å². The Hall–Kier alpha value is -1.93. The molecule has 0 radical (unpaired) electrons. The highest BCUT2D eigenvalue weighted by Gasteiger charge is 2.66. The van der Waals surface area contributed by atoms with Gasteiger partial charge in [-0.1, -0.05) is 54.0 Å². The number of amides is 1. The second kappa shape index (κ2) is 17.5. The number of hydrogen-bond donors (Lipinski definition) is 1. The Labute approximate surface area is 335 Å². The number of allylic oxidation sites excluding steroid dienone is 1. The summed E-state index contributed by atoms with van der Waals surface area (Å²) >= 11 is 0. The number of piperazine rings is 1. The van der Waals surface area contributed by atoms with Gasteiger partial charge < -0.3 is 19.6 Å². The number of carbonyl (C=O) groups excluding carboxylic acids is 2. The van der Waals surface area contributed by atoms with Crippen LogP contribution in [0.3, 0.4) is 0 Å². The van der Waals surface area contributed by atoms with Crippen LogP contribution >= 0.6 is 0 Å². The van der Waals surface area contributed by atoms with Crippen LogP contribution in [0.25, 0.3) is 0 Å². The van der Waals surface area contributed by atoms with Crippen LogP contribution in [0.15, 0.2) is 12.7 Å². The number of carboxylic acids is 1. The highest BCUT2D eigenvalue weighted by Crippen LogP contribution is 2.73. The molecular formula is C47H81N3O5. The average Bonchev–Trinajstić information content (AvgIpc) is 3.76. The van der Waals surface area contributed by atoms with E-state index >= 15 is 0 Å². The molecule has 7 aliphatic rings. The molecule has 7 rings (SSSR count).